The maximum atomic E-state index is 13.1. The molecule has 3 rings (SSSR count). The van der Waals surface area contributed by atoms with Crippen LogP contribution in [0.15, 0.2) is 47.4 Å². The zero-order valence-corrected chi connectivity index (χ0v) is 21.4. The van der Waals surface area contributed by atoms with Crippen molar-refractivity contribution in [3.63, 3.8) is 0 Å². The van der Waals surface area contributed by atoms with Crippen LogP contribution in [-0.4, -0.2) is 64.3 Å². The summed E-state index contributed by atoms with van der Waals surface area (Å²) in [5.41, 5.74) is 2.72. The number of anilines is 2. The molecule has 0 spiro atoms. The van der Waals surface area contributed by atoms with Crippen molar-refractivity contribution in [3.8, 4) is 0 Å². The van der Waals surface area contributed by atoms with Gasteiger partial charge < -0.3 is 20.6 Å². The number of piperazine rings is 1. The smallest absolute Gasteiger partial charge is 0.475 e. The second-order valence-electron chi connectivity index (χ2n) is 8.13. The Morgan fingerprint density at radius 2 is 1.65 bits per heavy atom. The molecule has 13 heteroatoms. The molecule has 0 aliphatic carbocycles. The van der Waals surface area contributed by atoms with Gasteiger partial charge in [-0.15, -0.1) is 0 Å². The first-order valence-corrected chi connectivity index (χ1v) is 13.2. The number of hydrogen-bond donors (Lipinski definition) is 4. The number of rotatable bonds is 8. The van der Waals surface area contributed by atoms with Crippen LogP contribution in [0, 0.1) is 0 Å². The normalized spacial score (nSPS) is 13.8. The van der Waals surface area contributed by atoms with Crippen LogP contribution in [0.5, 0.6) is 0 Å². The van der Waals surface area contributed by atoms with Crippen LogP contribution in [0.4, 0.5) is 24.5 Å². The number of carboxylic acids is 1. The number of hydrogen-bond acceptors (Lipinski definition) is 6. The van der Waals surface area contributed by atoms with Gasteiger partial charge >= 0.3 is 12.1 Å². The number of sulfonamides is 1. The molecule has 37 heavy (non-hydrogen) atoms. The number of aryl methyl sites for hydroxylation is 1. The van der Waals surface area contributed by atoms with E-state index in [1.807, 2.05) is 25.1 Å². The number of amides is 1. The highest BCUT2D eigenvalue weighted by Gasteiger charge is 2.38. The van der Waals surface area contributed by atoms with E-state index in [2.05, 4.69) is 27.2 Å². The second-order valence-corrected chi connectivity index (χ2v) is 9.81. The van der Waals surface area contributed by atoms with Crippen molar-refractivity contribution < 1.29 is 36.3 Å². The Morgan fingerprint density at radius 3 is 2.16 bits per heavy atom. The molecule has 2 aromatic carbocycles. The molecule has 2 aromatic rings. The third kappa shape index (κ3) is 8.93. The standard InChI is InChI=1S/C22H30N4O3S.C2HF3O2/c1-3-5-17-6-9-19(10-7-17)30(28,29)25-20-16-18(22(27)24-4-2)8-11-21(20)26-14-12-23-13-15-26;3-2(4,5)1(6)7/h6-11,16,23,25H,3-5,12-15H2,1-2H3,(H,24,27);(H,6,7). The van der Waals surface area contributed by atoms with Gasteiger partial charge in [0.2, 0.25) is 0 Å². The lowest BCUT2D eigenvalue weighted by Crippen LogP contribution is -2.43. The molecule has 204 valence electrons. The number of carbonyl (C=O) groups excluding carboxylic acids is 1. The Bertz CT molecular complexity index is 1170. The molecule has 1 fully saturated rings. The minimum atomic E-state index is -5.08. The van der Waals surface area contributed by atoms with E-state index in [1.165, 1.54) is 0 Å². The van der Waals surface area contributed by atoms with Crippen LogP contribution in [0.3, 0.4) is 0 Å². The Balaban J connectivity index is 0.000000604. The van der Waals surface area contributed by atoms with E-state index < -0.39 is 22.2 Å². The van der Waals surface area contributed by atoms with E-state index >= 15 is 0 Å². The summed E-state index contributed by atoms with van der Waals surface area (Å²) >= 11 is 0. The van der Waals surface area contributed by atoms with E-state index in [0.717, 1.165) is 50.3 Å². The molecule has 0 atom stereocenters. The minimum absolute atomic E-state index is 0.206. The minimum Gasteiger partial charge on any atom is -0.475 e. The fourth-order valence-electron chi connectivity index (χ4n) is 3.53. The number of nitrogens with zero attached hydrogens (tertiary/aromatic N) is 1. The summed E-state index contributed by atoms with van der Waals surface area (Å²) in [5.74, 6) is -2.98. The molecule has 0 unspecified atom stereocenters. The summed E-state index contributed by atoms with van der Waals surface area (Å²) in [5, 5.41) is 13.2. The van der Waals surface area contributed by atoms with Crippen LogP contribution < -0.4 is 20.3 Å². The lowest BCUT2D eigenvalue weighted by atomic mass is 10.1. The first-order valence-electron chi connectivity index (χ1n) is 11.7. The molecule has 1 saturated heterocycles. The van der Waals surface area contributed by atoms with Gasteiger partial charge in [-0.25, -0.2) is 13.2 Å². The van der Waals surface area contributed by atoms with Gasteiger partial charge in [-0.05, 0) is 49.2 Å². The lowest BCUT2D eigenvalue weighted by Gasteiger charge is -2.31. The van der Waals surface area contributed by atoms with Crippen molar-refractivity contribution in [2.24, 2.45) is 0 Å². The average molecular weight is 545 g/mol. The van der Waals surface area contributed by atoms with E-state index in [1.54, 1.807) is 24.3 Å². The predicted octanol–water partition coefficient (Wildman–Crippen LogP) is 3.23. The molecule has 1 aliphatic rings. The van der Waals surface area contributed by atoms with Crippen LogP contribution in [-0.2, 0) is 21.2 Å². The van der Waals surface area contributed by atoms with Gasteiger partial charge in [-0.2, -0.15) is 13.2 Å². The molecule has 0 bridgehead atoms. The highest BCUT2D eigenvalue weighted by atomic mass is 32.2. The Hall–Kier alpha value is -3.32. The first kappa shape index (κ1) is 29.9. The molecule has 0 aromatic heterocycles. The van der Waals surface area contributed by atoms with E-state index in [-0.39, 0.29) is 10.8 Å². The molecule has 4 N–H and O–H groups in total. The van der Waals surface area contributed by atoms with Gasteiger partial charge in [0.25, 0.3) is 15.9 Å². The van der Waals surface area contributed by atoms with Crippen molar-refractivity contribution in [1.82, 2.24) is 10.6 Å². The largest absolute Gasteiger partial charge is 0.490 e. The zero-order chi connectivity index (χ0) is 27.6. The second kappa shape index (κ2) is 13.3. The molecule has 1 heterocycles. The molecular formula is C24H31F3N4O5S. The van der Waals surface area contributed by atoms with Crippen LogP contribution in [0.1, 0.15) is 36.2 Å². The van der Waals surface area contributed by atoms with Gasteiger partial charge in [0, 0.05) is 38.3 Å². The molecule has 1 aliphatic heterocycles. The Morgan fingerprint density at radius 1 is 1.05 bits per heavy atom. The number of nitrogens with one attached hydrogen (secondary N) is 3. The number of halogens is 3. The van der Waals surface area contributed by atoms with Crippen molar-refractivity contribution in [1.29, 1.82) is 0 Å². The summed E-state index contributed by atoms with van der Waals surface area (Å²) in [6, 6.07) is 12.1. The Labute approximate surface area is 214 Å². The third-order valence-electron chi connectivity index (χ3n) is 5.31. The predicted molar refractivity (Wildman–Crippen MR) is 134 cm³/mol. The summed E-state index contributed by atoms with van der Waals surface area (Å²) in [7, 11) is -3.78. The van der Waals surface area contributed by atoms with E-state index in [9.17, 15) is 26.4 Å². The number of aliphatic carboxylic acids is 1. The van der Waals surface area contributed by atoms with Gasteiger partial charge in [0.15, 0.2) is 0 Å². The first-order chi connectivity index (χ1) is 17.4. The summed E-state index contributed by atoms with van der Waals surface area (Å²) in [4.78, 5) is 23.5. The topological polar surface area (TPSA) is 128 Å². The molecular weight excluding hydrogens is 513 g/mol. The van der Waals surface area contributed by atoms with Crippen molar-refractivity contribution in [2.45, 2.75) is 37.8 Å². The van der Waals surface area contributed by atoms with Gasteiger partial charge in [0.1, 0.15) is 0 Å². The van der Waals surface area contributed by atoms with Crippen molar-refractivity contribution >= 4 is 33.3 Å². The zero-order valence-electron chi connectivity index (χ0n) is 20.6. The monoisotopic (exact) mass is 544 g/mol. The van der Waals surface area contributed by atoms with E-state index in [0.29, 0.717) is 17.8 Å². The summed E-state index contributed by atoms with van der Waals surface area (Å²) < 4.78 is 60.6. The SMILES string of the molecule is CCCc1ccc(S(=O)(=O)Nc2cc(C(=O)NCC)ccc2N2CCNCC2)cc1.O=C(O)C(F)(F)F. The lowest BCUT2D eigenvalue weighted by molar-refractivity contribution is -0.192. The molecule has 0 saturated carbocycles. The van der Waals surface area contributed by atoms with Crippen LogP contribution >= 0.6 is 0 Å². The van der Waals surface area contributed by atoms with Gasteiger partial charge in [0.05, 0.1) is 16.3 Å². The number of carboxylic acid groups (broad SMARTS) is 1. The van der Waals surface area contributed by atoms with Crippen LogP contribution in [0.2, 0.25) is 0 Å². The Kier molecular flexibility index (Phi) is 10.7. The van der Waals surface area contributed by atoms with Crippen molar-refractivity contribution in [2.75, 3.05) is 42.3 Å². The maximum absolute atomic E-state index is 13.1. The number of carbonyl (C=O) groups is 2. The highest BCUT2D eigenvalue weighted by molar-refractivity contribution is 7.92. The quantitative estimate of drug-likeness (QED) is 0.402. The molecule has 0 radical (unpaired) electrons. The van der Waals surface area contributed by atoms with Crippen molar-refractivity contribution in [3.05, 3.63) is 53.6 Å². The maximum Gasteiger partial charge on any atom is 0.490 e. The number of benzene rings is 2. The average Bonchev–Trinajstić information content (AvgIpc) is 2.85. The number of alkyl halides is 3. The molecule has 1 amide bonds. The molecule has 9 nitrogen and oxygen atoms in total. The fourth-order valence-corrected chi connectivity index (χ4v) is 4.60. The van der Waals surface area contributed by atoms with Crippen LogP contribution in [0.25, 0.3) is 0 Å². The third-order valence-corrected chi connectivity index (χ3v) is 6.69. The fraction of sp³-hybridized carbons (Fsp3) is 0.417. The highest BCUT2D eigenvalue weighted by Crippen LogP contribution is 2.30. The van der Waals surface area contributed by atoms with Gasteiger partial charge in [-0.3, -0.25) is 9.52 Å². The summed E-state index contributed by atoms with van der Waals surface area (Å²) in [6.07, 6.45) is -3.17. The van der Waals surface area contributed by atoms with Gasteiger partial charge in [-0.1, -0.05) is 25.5 Å². The van der Waals surface area contributed by atoms with E-state index in [4.69, 9.17) is 9.90 Å². The summed E-state index contributed by atoms with van der Waals surface area (Å²) in [6.45, 7) is 7.61.